The Morgan fingerprint density at radius 2 is 1.71 bits per heavy atom. The van der Waals surface area contributed by atoms with Crippen LogP contribution < -0.4 is 0 Å². The van der Waals surface area contributed by atoms with Crippen molar-refractivity contribution in [1.29, 1.82) is 0 Å². The number of pyridine rings is 1. The summed E-state index contributed by atoms with van der Waals surface area (Å²) in [5, 5.41) is 0. The van der Waals surface area contributed by atoms with Gasteiger partial charge in [0.25, 0.3) is 0 Å². The fraction of sp³-hybridized carbons (Fsp3) is 0.417. The lowest BCUT2D eigenvalue weighted by Crippen LogP contribution is -2.45. The molecule has 31 heavy (non-hydrogen) atoms. The summed E-state index contributed by atoms with van der Waals surface area (Å²) in [7, 11) is 1.71. The lowest BCUT2D eigenvalue weighted by atomic mass is 10.1. The van der Waals surface area contributed by atoms with Crippen LogP contribution in [0.4, 0.5) is 4.39 Å². The highest BCUT2D eigenvalue weighted by molar-refractivity contribution is 5.66. The van der Waals surface area contributed by atoms with Crippen LogP contribution >= 0.6 is 0 Å². The Kier molecular flexibility index (Phi) is 7.41. The summed E-state index contributed by atoms with van der Waals surface area (Å²) in [4.78, 5) is 19.8. The van der Waals surface area contributed by atoms with Gasteiger partial charge in [-0.25, -0.2) is 9.37 Å². The molecule has 0 atom stereocenters. The van der Waals surface area contributed by atoms with Gasteiger partial charge in [0, 0.05) is 51.6 Å². The zero-order chi connectivity index (χ0) is 22.4. The summed E-state index contributed by atoms with van der Waals surface area (Å²) >= 11 is 0. The number of rotatable bonds is 4. The first-order chi connectivity index (χ1) is 14.8. The number of carbonyl (C=O) groups excluding carboxylic acids is 1. The molecule has 2 aromatic heterocycles. The van der Waals surface area contributed by atoms with Crippen molar-refractivity contribution < 1.29 is 13.9 Å². The molecule has 1 amide bonds. The molecule has 0 saturated carbocycles. The van der Waals surface area contributed by atoms with E-state index in [-0.39, 0.29) is 11.4 Å². The fourth-order valence-electron chi connectivity index (χ4n) is 3.28. The van der Waals surface area contributed by atoms with Gasteiger partial charge < -0.3 is 14.0 Å². The van der Waals surface area contributed by atoms with Gasteiger partial charge in [-0.1, -0.05) is 6.07 Å². The second kappa shape index (κ2) is 10.0. The van der Waals surface area contributed by atoms with Gasteiger partial charge >= 0.3 is 0 Å². The smallest absolute Gasteiger partial charge is 0.209 e. The number of piperazine rings is 1. The van der Waals surface area contributed by atoms with Crippen LogP contribution in [0.5, 0.6) is 0 Å². The summed E-state index contributed by atoms with van der Waals surface area (Å²) in [6.45, 7) is 9.96. The Hall–Kier alpha value is -2.77. The molecule has 4 rings (SSSR count). The van der Waals surface area contributed by atoms with Gasteiger partial charge in [0.1, 0.15) is 11.5 Å². The van der Waals surface area contributed by atoms with Crippen molar-refractivity contribution in [2.45, 2.75) is 32.9 Å². The second-order valence-corrected chi connectivity index (χ2v) is 8.58. The van der Waals surface area contributed by atoms with Crippen LogP contribution in [0.3, 0.4) is 0 Å². The number of hydrogen-bond acceptors (Lipinski definition) is 4. The first-order valence-corrected chi connectivity index (χ1v) is 10.5. The molecule has 6 nitrogen and oxygen atoms in total. The number of carbonyl (C=O) groups is 1. The second-order valence-electron chi connectivity index (χ2n) is 8.58. The van der Waals surface area contributed by atoms with Crippen LogP contribution in [0.1, 0.15) is 26.5 Å². The Morgan fingerprint density at radius 3 is 2.29 bits per heavy atom. The molecule has 166 valence electrons. The zero-order valence-corrected chi connectivity index (χ0v) is 18.7. The van der Waals surface area contributed by atoms with Crippen LogP contribution in [0.25, 0.3) is 16.9 Å². The highest BCUT2D eigenvalue weighted by atomic mass is 19.1. The van der Waals surface area contributed by atoms with Crippen LogP contribution in [-0.2, 0) is 16.1 Å². The number of ether oxygens (including phenoxy) is 1. The number of hydrogen-bond donors (Lipinski definition) is 0. The lowest BCUT2D eigenvalue weighted by molar-refractivity contribution is -0.119. The molecule has 1 fully saturated rings. The highest BCUT2D eigenvalue weighted by Crippen LogP contribution is 2.26. The van der Waals surface area contributed by atoms with E-state index in [0.717, 1.165) is 61.7 Å². The monoisotopic (exact) mass is 426 g/mol. The standard InChI is InChI=1S/C19H19FN4O.C5H12O/c20-16-6-4-15(5-7-16)19-17(24-8-2-1-3-18(24)21-19)13-22-9-11-23(14-25)12-10-22;1-5(2,3)6-4/h1-8,14H,9-13H2;1-4H3. The van der Waals surface area contributed by atoms with E-state index in [1.807, 2.05) is 45.2 Å². The first-order valence-electron chi connectivity index (χ1n) is 10.5. The van der Waals surface area contributed by atoms with E-state index < -0.39 is 0 Å². The van der Waals surface area contributed by atoms with Crippen LogP contribution in [0, 0.1) is 5.82 Å². The molecule has 0 aliphatic carbocycles. The minimum absolute atomic E-state index is 0.0417. The van der Waals surface area contributed by atoms with E-state index in [1.54, 1.807) is 24.1 Å². The van der Waals surface area contributed by atoms with E-state index in [0.29, 0.717) is 0 Å². The molecule has 0 unspecified atom stereocenters. The number of aromatic nitrogens is 2. The molecule has 0 radical (unpaired) electrons. The maximum atomic E-state index is 13.3. The maximum Gasteiger partial charge on any atom is 0.209 e. The van der Waals surface area contributed by atoms with Gasteiger partial charge in [0.05, 0.1) is 17.0 Å². The number of nitrogens with zero attached hydrogens (tertiary/aromatic N) is 4. The molecular formula is C24H31FN4O2. The van der Waals surface area contributed by atoms with Crippen molar-refractivity contribution in [3.63, 3.8) is 0 Å². The van der Waals surface area contributed by atoms with Crippen molar-refractivity contribution in [2.75, 3.05) is 33.3 Å². The predicted octanol–water partition coefficient (Wildman–Crippen LogP) is 3.85. The average Bonchev–Trinajstić information content (AvgIpc) is 3.13. The summed E-state index contributed by atoms with van der Waals surface area (Å²) < 4.78 is 20.3. The number of methoxy groups -OCH3 is 1. The van der Waals surface area contributed by atoms with E-state index >= 15 is 0 Å². The lowest BCUT2D eigenvalue weighted by Gasteiger charge is -2.32. The number of benzene rings is 1. The highest BCUT2D eigenvalue weighted by Gasteiger charge is 2.20. The largest absolute Gasteiger partial charge is 0.379 e. The third-order valence-corrected chi connectivity index (χ3v) is 5.29. The summed E-state index contributed by atoms with van der Waals surface area (Å²) in [6.07, 6.45) is 2.92. The quantitative estimate of drug-likeness (QED) is 0.595. The van der Waals surface area contributed by atoms with Gasteiger partial charge in [-0.05, 0) is 57.2 Å². The minimum Gasteiger partial charge on any atom is -0.379 e. The van der Waals surface area contributed by atoms with Gasteiger partial charge in [0.15, 0.2) is 0 Å². The maximum absolute atomic E-state index is 13.3. The first kappa shape index (κ1) is 22.9. The summed E-state index contributed by atoms with van der Waals surface area (Å²) in [5.74, 6) is -0.251. The van der Waals surface area contributed by atoms with Crippen LogP contribution in [-0.4, -0.2) is 64.5 Å². The van der Waals surface area contributed by atoms with E-state index in [4.69, 9.17) is 9.72 Å². The number of fused-ring (bicyclic) bond motifs is 1. The molecule has 1 saturated heterocycles. The zero-order valence-electron chi connectivity index (χ0n) is 18.7. The van der Waals surface area contributed by atoms with Gasteiger partial charge in [0.2, 0.25) is 6.41 Å². The van der Waals surface area contributed by atoms with Crippen molar-refractivity contribution in [2.24, 2.45) is 0 Å². The number of halogens is 1. The number of amides is 1. The van der Waals surface area contributed by atoms with Gasteiger partial charge in [-0.15, -0.1) is 0 Å². The SMILES string of the molecule is COC(C)(C)C.O=CN1CCN(Cc2c(-c3ccc(F)cc3)nc3ccccn23)CC1. The van der Waals surface area contributed by atoms with E-state index in [1.165, 1.54) is 12.1 Å². The molecule has 1 aliphatic rings. The topological polar surface area (TPSA) is 50.1 Å². The molecule has 7 heteroatoms. The van der Waals surface area contributed by atoms with Crippen molar-refractivity contribution in [1.82, 2.24) is 19.2 Å². The predicted molar refractivity (Wildman–Crippen MR) is 120 cm³/mol. The molecule has 0 bridgehead atoms. The fourth-order valence-corrected chi connectivity index (χ4v) is 3.28. The third kappa shape index (κ3) is 6.12. The minimum atomic E-state index is -0.251. The Bertz CT molecular complexity index is 987. The van der Waals surface area contributed by atoms with E-state index in [9.17, 15) is 9.18 Å². The molecule has 1 aromatic carbocycles. The van der Waals surface area contributed by atoms with Gasteiger partial charge in [-0.2, -0.15) is 0 Å². The number of imidazole rings is 1. The Labute approximate surface area is 183 Å². The Balaban J connectivity index is 0.000000401. The van der Waals surface area contributed by atoms with Crippen molar-refractivity contribution >= 4 is 12.1 Å². The van der Waals surface area contributed by atoms with E-state index in [2.05, 4.69) is 9.30 Å². The summed E-state index contributed by atoms with van der Waals surface area (Å²) in [5.41, 5.74) is 3.79. The normalized spacial score (nSPS) is 14.9. The summed E-state index contributed by atoms with van der Waals surface area (Å²) in [6, 6.07) is 12.4. The van der Waals surface area contributed by atoms with Crippen LogP contribution in [0.15, 0.2) is 48.7 Å². The van der Waals surface area contributed by atoms with Crippen molar-refractivity contribution in [3.05, 3.63) is 60.2 Å². The molecule has 3 heterocycles. The third-order valence-electron chi connectivity index (χ3n) is 5.29. The average molecular weight is 427 g/mol. The van der Waals surface area contributed by atoms with Gasteiger partial charge in [-0.3, -0.25) is 9.69 Å². The molecular weight excluding hydrogens is 395 g/mol. The molecule has 1 aliphatic heterocycles. The Morgan fingerprint density at radius 1 is 1.06 bits per heavy atom. The molecule has 0 N–H and O–H groups in total. The molecule has 3 aromatic rings. The van der Waals surface area contributed by atoms with Crippen LogP contribution in [0.2, 0.25) is 0 Å². The van der Waals surface area contributed by atoms with Crippen molar-refractivity contribution in [3.8, 4) is 11.3 Å². The molecule has 0 spiro atoms.